The van der Waals surface area contributed by atoms with Gasteiger partial charge >= 0.3 is 6.09 Å². The molecular weight excluding hydrogens is 266 g/mol. The van der Waals surface area contributed by atoms with Crippen LogP contribution in [0.15, 0.2) is 54.6 Å². The number of hydrogen-bond donors (Lipinski definition) is 2. The van der Waals surface area contributed by atoms with Gasteiger partial charge in [-0.3, -0.25) is 0 Å². The summed E-state index contributed by atoms with van der Waals surface area (Å²) in [5.41, 5.74) is 2.29. The quantitative estimate of drug-likeness (QED) is 0.884. The molecule has 0 radical (unpaired) electrons. The van der Waals surface area contributed by atoms with Crippen LogP contribution in [-0.4, -0.2) is 17.2 Å². The minimum absolute atomic E-state index is 0.0542. The Bertz CT molecular complexity index is 610. The van der Waals surface area contributed by atoms with Crippen molar-refractivity contribution in [2.75, 3.05) is 0 Å². The van der Waals surface area contributed by atoms with Gasteiger partial charge in [-0.1, -0.05) is 42.5 Å². The van der Waals surface area contributed by atoms with Crippen molar-refractivity contribution < 1.29 is 14.6 Å². The van der Waals surface area contributed by atoms with E-state index >= 15 is 0 Å². The fourth-order valence-corrected chi connectivity index (χ4v) is 2.43. The average molecular weight is 283 g/mol. The van der Waals surface area contributed by atoms with E-state index in [0.717, 1.165) is 23.3 Å². The first-order valence-corrected chi connectivity index (χ1v) is 6.98. The lowest BCUT2D eigenvalue weighted by Gasteiger charge is -2.07. The van der Waals surface area contributed by atoms with Gasteiger partial charge in [0.2, 0.25) is 0 Å². The van der Waals surface area contributed by atoms with Crippen LogP contribution in [0.3, 0.4) is 0 Å². The highest BCUT2D eigenvalue weighted by molar-refractivity contribution is 5.65. The fourth-order valence-electron chi connectivity index (χ4n) is 2.43. The van der Waals surface area contributed by atoms with Gasteiger partial charge in [-0.2, -0.15) is 0 Å². The van der Waals surface area contributed by atoms with Gasteiger partial charge < -0.3 is 15.2 Å². The number of nitrogens with one attached hydrogen (secondary N) is 1. The van der Waals surface area contributed by atoms with Crippen LogP contribution in [0, 0.1) is 0 Å². The molecule has 4 heteroatoms. The molecule has 0 heterocycles. The van der Waals surface area contributed by atoms with Gasteiger partial charge in [0.15, 0.2) is 0 Å². The maximum absolute atomic E-state index is 10.6. The van der Waals surface area contributed by atoms with Gasteiger partial charge in [0.05, 0.1) is 0 Å². The van der Waals surface area contributed by atoms with Gasteiger partial charge in [-0.25, -0.2) is 4.79 Å². The van der Waals surface area contributed by atoms with Crippen molar-refractivity contribution in [3.8, 4) is 5.75 Å². The Labute approximate surface area is 123 Å². The number of hydrogen-bond acceptors (Lipinski definition) is 2. The molecule has 108 valence electrons. The van der Waals surface area contributed by atoms with Crippen LogP contribution in [0.1, 0.15) is 23.5 Å². The molecule has 0 saturated heterocycles. The molecule has 2 aromatic rings. The molecule has 4 nitrogen and oxygen atoms in total. The van der Waals surface area contributed by atoms with E-state index in [2.05, 4.69) is 5.32 Å². The van der Waals surface area contributed by atoms with E-state index in [1.165, 1.54) is 0 Å². The molecule has 1 fully saturated rings. The molecule has 2 atom stereocenters. The van der Waals surface area contributed by atoms with Crippen LogP contribution in [0.5, 0.6) is 5.75 Å². The number of benzene rings is 2. The lowest BCUT2D eigenvalue weighted by atomic mass is 10.1. The van der Waals surface area contributed by atoms with Crippen LogP contribution in [-0.2, 0) is 6.61 Å². The van der Waals surface area contributed by atoms with Crippen LogP contribution < -0.4 is 10.1 Å². The van der Waals surface area contributed by atoms with Crippen LogP contribution in [0.25, 0.3) is 0 Å². The summed E-state index contributed by atoms with van der Waals surface area (Å²) in [5, 5.41) is 11.2. The van der Waals surface area contributed by atoms with E-state index < -0.39 is 6.09 Å². The molecular formula is C17H17NO3. The van der Waals surface area contributed by atoms with Crippen molar-refractivity contribution in [3.63, 3.8) is 0 Å². The number of rotatable bonds is 5. The molecule has 1 amide bonds. The summed E-state index contributed by atoms with van der Waals surface area (Å²) in [6.07, 6.45) is -0.0819. The molecule has 2 N–H and O–H groups in total. The second kappa shape index (κ2) is 5.87. The first-order chi connectivity index (χ1) is 10.2. The molecule has 0 unspecified atom stereocenters. The zero-order valence-electron chi connectivity index (χ0n) is 11.5. The summed E-state index contributed by atoms with van der Waals surface area (Å²) >= 11 is 0. The maximum Gasteiger partial charge on any atom is 0.404 e. The van der Waals surface area contributed by atoms with Crippen molar-refractivity contribution in [2.24, 2.45) is 0 Å². The normalized spacial score (nSPS) is 19.8. The molecule has 2 aromatic carbocycles. The summed E-state index contributed by atoms with van der Waals surface area (Å²) in [4.78, 5) is 10.6. The third kappa shape index (κ3) is 3.54. The predicted molar refractivity (Wildman–Crippen MR) is 79.5 cm³/mol. The van der Waals surface area contributed by atoms with Crippen molar-refractivity contribution in [1.82, 2.24) is 5.32 Å². The van der Waals surface area contributed by atoms with Gasteiger partial charge in [-0.05, 0) is 29.7 Å². The van der Waals surface area contributed by atoms with Crippen molar-refractivity contribution in [3.05, 3.63) is 65.7 Å². The van der Waals surface area contributed by atoms with Crippen LogP contribution in [0.4, 0.5) is 4.79 Å². The SMILES string of the molecule is O=C(O)N[C@@H]1C[C@H]1c1ccc(OCc2ccccc2)cc1. The van der Waals surface area contributed by atoms with E-state index in [1.54, 1.807) is 0 Å². The van der Waals surface area contributed by atoms with Crippen molar-refractivity contribution in [2.45, 2.75) is 25.0 Å². The third-order valence-corrected chi connectivity index (χ3v) is 3.66. The van der Waals surface area contributed by atoms with E-state index in [4.69, 9.17) is 9.84 Å². The molecule has 1 saturated carbocycles. The van der Waals surface area contributed by atoms with Gasteiger partial charge in [0, 0.05) is 12.0 Å². The summed E-state index contributed by atoms with van der Waals surface area (Å²) in [7, 11) is 0. The highest BCUT2D eigenvalue weighted by atomic mass is 16.5. The van der Waals surface area contributed by atoms with Gasteiger partial charge in [0.1, 0.15) is 12.4 Å². The standard InChI is InChI=1S/C17H17NO3/c19-17(20)18-16-10-15(16)13-6-8-14(9-7-13)21-11-12-4-2-1-3-5-12/h1-9,15-16,18H,10-11H2,(H,19,20)/t15-,16+/m0/s1. The van der Waals surface area contributed by atoms with Crippen molar-refractivity contribution >= 4 is 6.09 Å². The van der Waals surface area contributed by atoms with Crippen molar-refractivity contribution in [1.29, 1.82) is 0 Å². The summed E-state index contributed by atoms with van der Waals surface area (Å²) in [5.74, 6) is 1.12. The monoisotopic (exact) mass is 283 g/mol. The van der Waals surface area contributed by atoms with E-state index in [-0.39, 0.29) is 6.04 Å². The topological polar surface area (TPSA) is 58.6 Å². The minimum atomic E-state index is -0.953. The highest BCUT2D eigenvalue weighted by Crippen LogP contribution is 2.41. The summed E-state index contributed by atoms with van der Waals surface area (Å²) < 4.78 is 5.73. The summed E-state index contributed by atoms with van der Waals surface area (Å²) in [6, 6.07) is 18.0. The maximum atomic E-state index is 10.6. The number of carbonyl (C=O) groups is 1. The lowest BCUT2D eigenvalue weighted by molar-refractivity contribution is 0.193. The predicted octanol–water partition coefficient (Wildman–Crippen LogP) is 3.39. The molecule has 3 rings (SSSR count). The van der Waals surface area contributed by atoms with Crippen LogP contribution >= 0.6 is 0 Å². The molecule has 1 aliphatic carbocycles. The lowest BCUT2D eigenvalue weighted by Crippen LogP contribution is -2.24. The largest absolute Gasteiger partial charge is 0.489 e. The fraction of sp³-hybridized carbons (Fsp3) is 0.235. The number of amides is 1. The second-order valence-corrected chi connectivity index (χ2v) is 5.24. The molecule has 0 aromatic heterocycles. The molecule has 0 bridgehead atoms. The Morgan fingerprint density at radius 2 is 1.86 bits per heavy atom. The number of carboxylic acid groups (broad SMARTS) is 1. The molecule has 0 aliphatic heterocycles. The Balaban J connectivity index is 1.54. The Kier molecular flexibility index (Phi) is 3.77. The van der Waals surface area contributed by atoms with Crippen LogP contribution in [0.2, 0.25) is 0 Å². The molecule has 1 aliphatic rings. The third-order valence-electron chi connectivity index (χ3n) is 3.66. The smallest absolute Gasteiger partial charge is 0.404 e. The second-order valence-electron chi connectivity index (χ2n) is 5.24. The Morgan fingerprint density at radius 3 is 2.52 bits per heavy atom. The van der Waals surface area contributed by atoms with E-state index in [9.17, 15) is 4.79 Å². The zero-order chi connectivity index (χ0) is 14.7. The van der Waals surface area contributed by atoms with E-state index in [0.29, 0.717) is 12.5 Å². The Morgan fingerprint density at radius 1 is 1.14 bits per heavy atom. The molecule has 21 heavy (non-hydrogen) atoms. The summed E-state index contributed by atoms with van der Waals surface area (Å²) in [6.45, 7) is 0.548. The van der Waals surface area contributed by atoms with Gasteiger partial charge in [0.25, 0.3) is 0 Å². The number of ether oxygens (including phenoxy) is 1. The highest BCUT2D eigenvalue weighted by Gasteiger charge is 2.39. The van der Waals surface area contributed by atoms with E-state index in [1.807, 2.05) is 54.6 Å². The Hall–Kier alpha value is -2.49. The van der Waals surface area contributed by atoms with Gasteiger partial charge in [-0.15, -0.1) is 0 Å². The minimum Gasteiger partial charge on any atom is -0.489 e. The molecule has 0 spiro atoms. The average Bonchev–Trinajstić information content (AvgIpc) is 3.25. The zero-order valence-corrected chi connectivity index (χ0v) is 11.5. The first kappa shape index (κ1) is 13.5. The first-order valence-electron chi connectivity index (χ1n) is 6.98.